The lowest BCUT2D eigenvalue weighted by Gasteiger charge is -2.17. The maximum atomic E-state index is 13.0. The van der Waals surface area contributed by atoms with Crippen LogP contribution in [-0.2, 0) is 9.59 Å². The van der Waals surface area contributed by atoms with E-state index >= 15 is 0 Å². The first kappa shape index (κ1) is 23.0. The number of hydrogen-bond acceptors (Lipinski definition) is 4. The SMILES string of the molecule is Cc1cc(C)c(C2C(=O)CC(CCNC(=O)NC(O)c3ccccc3Cl)C2=O)c(C)c1. The standard InChI is InChI=1S/C24H27ClN2O4/c1-13-10-14(2)20(15(3)11-13)21-19(28)12-16(22(21)29)8-9-26-24(31)27-23(30)17-6-4-5-7-18(17)25/h4-7,10-11,16,21,23,30H,8-9,12H2,1-3H3,(H2,26,27,31). The van der Waals surface area contributed by atoms with Gasteiger partial charge >= 0.3 is 6.03 Å². The van der Waals surface area contributed by atoms with Crippen molar-refractivity contribution in [1.29, 1.82) is 0 Å². The molecule has 0 spiro atoms. The Labute approximate surface area is 187 Å². The number of halogens is 1. The zero-order valence-electron chi connectivity index (χ0n) is 17.9. The van der Waals surface area contributed by atoms with Gasteiger partial charge < -0.3 is 15.7 Å². The number of carbonyl (C=O) groups excluding carboxylic acids is 3. The predicted molar refractivity (Wildman–Crippen MR) is 119 cm³/mol. The lowest BCUT2D eigenvalue weighted by Crippen LogP contribution is -2.39. The zero-order chi connectivity index (χ0) is 22.7. The molecule has 3 rings (SSSR count). The van der Waals surface area contributed by atoms with Crippen LogP contribution < -0.4 is 10.6 Å². The Kier molecular flexibility index (Phi) is 7.13. The molecule has 1 aliphatic carbocycles. The molecule has 3 unspecified atom stereocenters. The third-order valence-electron chi connectivity index (χ3n) is 5.73. The van der Waals surface area contributed by atoms with Crippen molar-refractivity contribution < 1.29 is 19.5 Å². The van der Waals surface area contributed by atoms with Crippen LogP contribution in [0, 0.1) is 26.7 Å². The van der Waals surface area contributed by atoms with Crippen LogP contribution in [0.3, 0.4) is 0 Å². The normalized spacial score (nSPS) is 19.4. The Morgan fingerprint density at radius 2 is 1.81 bits per heavy atom. The van der Waals surface area contributed by atoms with E-state index in [-0.39, 0.29) is 24.5 Å². The summed E-state index contributed by atoms with van der Waals surface area (Å²) in [5, 5.41) is 15.5. The van der Waals surface area contributed by atoms with E-state index in [2.05, 4.69) is 10.6 Å². The first-order chi connectivity index (χ1) is 14.7. The van der Waals surface area contributed by atoms with Gasteiger partial charge in [0.2, 0.25) is 0 Å². The fourth-order valence-corrected chi connectivity index (χ4v) is 4.60. The summed E-state index contributed by atoms with van der Waals surface area (Å²) in [4.78, 5) is 37.7. The van der Waals surface area contributed by atoms with Crippen LogP contribution in [0.15, 0.2) is 36.4 Å². The topological polar surface area (TPSA) is 95.5 Å². The van der Waals surface area contributed by atoms with Crippen molar-refractivity contribution in [1.82, 2.24) is 10.6 Å². The van der Waals surface area contributed by atoms with Crippen LogP contribution in [0.5, 0.6) is 0 Å². The monoisotopic (exact) mass is 442 g/mol. The molecule has 0 radical (unpaired) electrons. The van der Waals surface area contributed by atoms with Crippen molar-refractivity contribution in [3.63, 3.8) is 0 Å². The number of aliphatic hydroxyl groups is 1. The molecular formula is C24H27ClN2O4. The summed E-state index contributed by atoms with van der Waals surface area (Å²) >= 11 is 6.02. The maximum Gasteiger partial charge on any atom is 0.317 e. The van der Waals surface area contributed by atoms with E-state index in [9.17, 15) is 19.5 Å². The van der Waals surface area contributed by atoms with Gasteiger partial charge in [-0.15, -0.1) is 0 Å². The third-order valence-corrected chi connectivity index (χ3v) is 6.07. The van der Waals surface area contributed by atoms with E-state index in [0.717, 1.165) is 22.3 Å². The van der Waals surface area contributed by atoms with Crippen molar-refractivity contribution in [2.24, 2.45) is 5.92 Å². The van der Waals surface area contributed by atoms with Crippen LogP contribution in [0.2, 0.25) is 5.02 Å². The lowest BCUT2D eigenvalue weighted by molar-refractivity contribution is -0.124. The number of rotatable bonds is 6. The Morgan fingerprint density at radius 1 is 1.16 bits per heavy atom. The first-order valence-corrected chi connectivity index (χ1v) is 10.7. The molecule has 1 saturated carbocycles. The molecule has 31 heavy (non-hydrogen) atoms. The molecule has 2 aromatic rings. The summed E-state index contributed by atoms with van der Waals surface area (Å²) in [6, 6.07) is 10.1. The lowest BCUT2D eigenvalue weighted by atomic mass is 9.86. The Hall–Kier alpha value is -2.70. The molecule has 0 aliphatic heterocycles. The van der Waals surface area contributed by atoms with Gasteiger partial charge in [-0.2, -0.15) is 0 Å². The molecule has 3 atom stereocenters. The summed E-state index contributed by atoms with van der Waals surface area (Å²) in [5.74, 6) is -1.30. The number of urea groups is 1. The van der Waals surface area contributed by atoms with Gasteiger partial charge in [-0.25, -0.2) is 4.79 Å². The van der Waals surface area contributed by atoms with E-state index < -0.39 is 24.1 Å². The van der Waals surface area contributed by atoms with Gasteiger partial charge in [0, 0.05) is 29.5 Å². The largest absolute Gasteiger partial charge is 0.369 e. The molecule has 3 N–H and O–H groups in total. The minimum Gasteiger partial charge on any atom is -0.369 e. The second-order valence-corrected chi connectivity index (χ2v) is 8.54. The second kappa shape index (κ2) is 9.62. The number of benzene rings is 2. The highest BCUT2D eigenvalue weighted by molar-refractivity contribution is 6.31. The average Bonchev–Trinajstić information content (AvgIpc) is 2.95. The molecule has 0 aromatic heterocycles. The number of aliphatic hydroxyl groups excluding tert-OH is 1. The molecule has 0 saturated heterocycles. The number of ketones is 2. The minimum atomic E-state index is -1.25. The molecular weight excluding hydrogens is 416 g/mol. The van der Waals surface area contributed by atoms with Crippen molar-refractivity contribution in [2.45, 2.75) is 45.8 Å². The molecule has 0 bridgehead atoms. The van der Waals surface area contributed by atoms with Crippen LogP contribution in [0.1, 0.15) is 52.8 Å². The summed E-state index contributed by atoms with van der Waals surface area (Å²) in [7, 11) is 0. The maximum absolute atomic E-state index is 13.0. The van der Waals surface area contributed by atoms with Crippen molar-refractivity contribution in [3.8, 4) is 0 Å². The molecule has 1 fully saturated rings. The van der Waals surface area contributed by atoms with E-state index in [4.69, 9.17) is 11.6 Å². The minimum absolute atomic E-state index is 0.0661. The highest BCUT2D eigenvalue weighted by atomic mass is 35.5. The van der Waals surface area contributed by atoms with Gasteiger partial charge in [-0.05, 0) is 49.9 Å². The number of nitrogens with one attached hydrogen (secondary N) is 2. The number of hydrogen-bond donors (Lipinski definition) is 3. The van der Waals surface area contributed by atoms with E-state index in [1.165, 1.54) is 0 Å². The van der Waals surface area contributed by atoms with Crippen molar-refractivity contribution >= 4 is 29.2 Å². The van der Waals surface area contributed by atoms with Crippen molar-refractivity contribution in [3.05, 3.63) is 69.2 Å². The number of amides is 2. The smallest absolute Gasteiger partial charge is 0.317 e. The fourth-order valence-electron chi connectivity index (χ4n) is 4.36. The quantitative estimate of drug-likeness (QED) is 0.467. The summed E-state index contributed by atoms with van der Waals surface area (Å²) in [6.07, 6.45) is -0.706. The van der Waals surface area contributed by atoms with Gasteiger partial charge in [-0.1, -0.05) is 47.5 Å². The van der Waals surface area contributed by atoms with Gasteiger partial charge in [0.05, 0.1) is 0 Å². The van der Waals surface area contributed by atoms with Crippen LogP contribution >= 0.6 is 11.6 Å². The van der Waals surface area contributed by atoms with Gasteiger partial charge in [-0.3, -0.25) is 9.59 Å². The van der Waals surface area contributed by atoms with E-state index in [1.807, 2.05) is 32.9 Å². The Balaban J connectivity index is 1.56. The molecule has 1 aliphatic rings. The molecule has 2 amide bonds. The highest BCUT2D eigenvalue weighted by Crippen LogP contribution is 2.37. The number of aryl methyl sites for hydroxylation is 3. The fraction of sp³-hybridized carbons (Fsp3) is 0.375. The Morgan fingerprint density at radius 3 is 2.45 bits per heavy atom. The average molecular weight is 443 g/mol. The van der Waals surface area contributed by atoms with Crippen LogP contribution in [0.25, 0.3) is 0 Å². The summed E-state index contributed by atoms with van der Waals surface area (Å²) < 4.78 is 0. The highest BCUT2D eigenvalue weighted by Gasteiger charge is 2.42. The first-order valence-electron chi connectivity index (χ1n) is 10.3. The van der Waals surface area contributed by atoms with E-state index in [0.29, 0.717) is 17.0 Å². The molecule has 7 heteroatoms. The van der Waals surface area contributed by atoms with Gasteiger partial charge in [0.1, 0.15) is 11.7 Å². The van der Waals surface area contributed by atoms with Crippen LogP contribution in [-0.4, -0.2) is 29.2 Å². The summed E-state index contributed by atoms with van der Waals surface area (Å²) in [5.41, 5.74) is 4.22. The third kappa shape index (κ3) is 5.14. The van der Waals surface area contributed by atoms with Crippen LogP contribution in [0.4, 0.5) is 4.79 Å². The van der Waals surface area contributed by atoms with Gasteiger partial charge in [0.25, 0.3) is 0 Å². The van der Waals surface area contributed by atoms with Gasteiger partial charge in [0.15, 0.2) is 12.0 Å². The molecule has 0 heterocycles. The molecule has 164 valence electrons. The number of carbonyl (C=O) groups is 3. The molecule has 6 nitrogen and oxygen atoms in total. The zero-order valence-corrected chi connectivity index (χ0v) is 18.6. The van der Waals surface area contributed by atoms with Crippen molar-refractivity contribution in [2.75, 3.05) is 6.54 Å². The summed E-state index contributed by atoms with van der Waals surface area (Å²) in [6.45, 7) is 6.06. The Bertz CT molecular complexity index is 997. The second-order valence-electron chi connectivity index (χ2n) is 8.13. The number of Topliss-reactive ketones (excluding diaryl/α,β-unsaturated/α-hetero) is 2. The van der Waals surface area contributed by atoms with E-state index in [1.54, 1.807) is 24.3 Å². The predicted octanol–water partition coefficient (Wildman–Crippen LogP) is 3.89. The molecule has 2 aromatic carbocycles.